The van der Waals surface area contributed by atoms with E-state index in [9.17, 15) is 4.79 Å². The fourth-order valence-electron chi connectivity index (χ4n) is 2.88. The lowest BCUT2D eigenvalue weighted by Crippen LogP contribution is -2.30. The maximum atomic E-state index is 12.7. The number of nitrogens with one attached hydrogen (secondary N) is 1. The molecule has 24 heavy (non-hydrogen) atoms. The maximum Gasteiger partial charge on any atom is 0.338 e. The summed E-state index contributed by atoms with van der Waals surface area (Å²) in [6, 6.07) is 7.89. The van der Waals surface area contributed by atoms with Crippen LogP contribution in [0.15, 0.2) is 41.9 Å². The maximum absolute atomic E-state index is 12.7. The van der Waals surface area contributed by atoms with Crippen LogP contribution in [-0.4, -0.2) is 26.8 Å². The molecule has 0 bridgehead atoms. The van der Waals surface area contributed by atoms with Crippen molar-refractivity contribution in [3.63, 3.8) is 0 Å². The summed E-state index contributed by atoms with van der Waals surface area (Å²) in [6.45, 7) is 7.67. The zero-order valence-electron chi connectivity index (χ0n) is 14.4. The molecule has 0 unspecified atom stereocenters. The fourth-order valence-corrected chi connectivity index (χ4v) is 2.88. The Bertz CT molecular complexity index is 775. The Hall–Kier alpha value is -2.63. The van der Waals surface area contributed by atoms with Crippen molar-refractivity contribution in [1.29, 1.82) is 0 Å². The molecule has 3 rings (SSSR count). The standard InChI is InChI=1S/C18H22N4O2/c1-5-13-6-8-14(9-7-13)16-15(17(23)24-11(2)3)12(4)21-18-19-10-20-22(16)18/h6-11,16H,5H2,1-4H3,(H,19,20,21)/t16-/m0/s1. The van der Waals surface area contributed by atoms with Crippen molar-refractivity contribution in [2.75, 3.05) is 5.32 Å². The molecule has 2 heterocycles. The molecule has 1 aliphatic heterocycles. The van der Waals surface area contributed by atoms with E-state index < -0.39 is 0 Å². The first-order chi connectivity index (χ1) is 11.5. The minimum Gasteiger partial charge on any atom is -0.459 e. The highest BCUT2D eigenvalue weighted by molar-refractivity contribution is 5.92. The van der Waals surface area contributed by atoms with Crippen molar-refractivity contribution in [2.24, 2.45) is 0 Å². The molecule has 2 aromatic rings. The van der Waals surface area contributed by atoms with Gasteiger partial charge in [0, 0.05) is 5.70 Å². The third-order valence-electron chi connectivity index (χ3n) is 4.06. The number of hydrogen-bond donors (Lipinski definition) is 1. The molecule has 0 amide bonds. The zero-order chi connectivity index (χ0) is 17.3. The predicted molar refractivity (Wildman–Crippen MR) is 91.5 cm³/mol. The van der Waals surface area contributed by atoms with Crippen molar-refractivity contribution in [3.05, 3.63) is 53.0 Å². The fraction of sp³-hybridized carbons (Fsp3) is 0.389. The van der Waals surface area contributed by atoms with Gasteiger partial charge in [0.2, 0.25) is 5.95 Å². The topological polar surface area (TPSA) is 69.0 Å². The number of fused-ring (bicyclic) bond motifs is 1. The van der Waals surface area contributed by atoms with Crippen LogP contribution < -0.4 is 5.32 Å². The van der Waals surface area contributed by atoms with E-state index in [0.29, 0.717) is 11.5 Å². The first-order valence-corrected chi connectivity index (χ1v) is 8.18. The highest BCUT2D eigenvalue weighted by Crippen LogP contribution is 2.35. The number of anilines is 1. The van der Waals surface area contributed by atoms with Gasteiger partial charge in [-0.15, -0.1) is 0 Å². The summed E-state index contributed by atoms with van der Waals surface area (Å²) < 4.78 is 7.18. The molecule has 0 spiro atoms. The molecule has 1 N–H and O–H groups in total. The normalized spacial score (nSPS) is 16.8. The third kappa shape index (κ3) is 2.91. The molecular formula is C18H22N4O2. The average Bonchev–Trinajstić information content (AvgIpc) is 3.00. The number of carbonyl (C=O) groups excluding carboxylic acids is 1. The molecule has 0 aliphatic carbocycles. The number of hydrogen-bond acceptors (Lipinski definition) is 5. The largest absolute Gasteiger partial charge is 0.459 e. The quantitative estimate of drug-likeness (QED) is 0.875. The van der Waals surface area contributed by atoms with Crippen LogP contribution in [0.25, 0.3) is 0 Å². The Morgan fingerprint density at radius 3 is 2.67 bits per heavy atom. The first-order valence-electron chi connectivity index (χ1n) is 8.18. The van der Waals surface area contributed by atoms with Gasteiger partial charge in [-0.2, -0.15) is 10.1 Å². The molecule has 1 aromatic carbocycles. The molecule has 6 nitrogen and oxygen atoms in total. The summed E-state index contributed by atoms with van der Waals surface area (Å²) in [5.41, 5.74) is 3.53. The van der Waals surface area contributed by atoms with E-state index in [-0.39, 0.29) is 18.1 Å². The van der Waals surface area contributed by atoms with Crippen LogP contribution in [0.4, 0.5) is 5.95 Å². The van der Waals surface area contributed by atoms with Gasteiger partial charge in [0.15, 0.2) is 0 Å². The van der Waals surface area contributed by atoms with E-state index in [4.69, 9.17) is 4.74 Å². The van der Waals surface area contributed by atoms with Crippen LogP contribution in [0.1, 0.15) is 44.9 Å². The molecule has 0 radical (unpaired) electrons. The van der Waals surface area contributed by atoms with Gasteiger partial charge in [0.05, 0.1) is 11.7 Å². The lowest BCUT2D eigenvalue weighted by atomic mass is 9.94. The minimum atomic E-state index is -0.346. The van der Waals surface area contributed by atoms with Crippen molar-refractivity contribution in [2.45, 2.75) is 46.3 Å². The van der Waals surface area contributed by atoms with Gasteiger partial charge in [-0.05, 0) is 38.3 Å². The summed E-state index contributed by atoms with van der Waals surface area (Å²) >= 11 is 0. The van der Waals surface area contributed by atoms with Crippen molar-refractivity contribution in [3.8, 4) is 0 Å². The third-order valence-corrected chi connectivity index (χ3v) is 4.06. The average molecular weight is 326 g/mol. The summed E-state index contributed by atoms with van der Waals surface area (Å²) in [6.07, 6.45) is 2.27. The molecule has 0 fully saturated rings. The molecule has 1 aliphatic rings. The molecule has 0 saturated carbocycles. The van der Waals surface area contributed by atoms with Crippen LogP contribution in [0, 0.1) is 0 Å². The smallest absolute Gasteiger partial charge is 0.338 e. The summed E-state index contributed by atoms with van der Waals surface area (Å²) in [5.74, 6) is 0.291. The molecule has 0 saturated heterocycles. The Morgan fingerprint density at radius 2 is 2.04 bits per heavy atom. The molecule has 126 valence electrons. The van der Waals surface area contributed by atoms with Gasteiger partial charge in [-0.1, -0.05) is 31.2 Å². The van der Waals surface area contributed by atoms with E-state index in [0.717, 1.165) is 17.7 Å². The van der Waals surface area contributed by atoms with E-state index >= 15 is 0 Å². The Balaban J connectivity index is 2.08. The van der Waals surface area contributed by atoms with Gasteiger partial charge in [0.25, 0.3) is 0 Å². The highest BCUT2D eigenvalue weighted by Gasteiger charge is 2.34. The van der Waals surface area contributed by atoms with Gasteiger partial charge < -0.3 is 10.1 Å². The summed E-state index contributed by atoms with van der Waals surface area (Å²) in [7, 11) is 0. The van der Waals surface area contributed by atoms with Crippen LogP contribution in [0.5, 0.6) is 0 Å². The molecular weight excluding hydrogens is 304 g/mol. The minimum absolute atomic E-state index is 0.182. The van der Waals surface area contributed by atoms with Crippen molar-refractivity contribution in [1.82, 2.24) is 14.8 Å². The lowest BCUT2D eigenvalue weighted by molar-refractivity contribution is -0.143. The number of esters is 1. The number of benzene rings is 1. The first kappa shape index (κ1) is 16.2. The lowest BCUT2D eigenvalue weighted by Gasteiger charge is -2.28. The molecule has 6 heteroatoms. The number of aromatic nitrogens is 3. The Labute approximate surface area is 141 Å². The van der Waals surface area contributed by atoms with Crippen molar-refractivity contribution < 1.29 is 9.53 Å². The monoisotopic (exact) mass is 326 g/mol. The number of nitrogens with zero attached hydrogens (tertiary/aromatic N) is 3. The Morgan fingerprint density at radius 1 is 1.33 bits per heavy atom. The summed E-state index contributed by atoms with van der Waals surface area (Å²) in [5, 5.41) is 7.44. The van der Waals surface area contributed by atoms with E-state index in [1.165, 1.54) is 11.9 Å². The Kier molecular flexibility index (Phi) is 4.38. The van der Waals surface area contributed by atoms with Gasteiger partial charge >= 0.3 is 5.97 Å². The van der Waals surface area contributed by atoms with Crippen LogP contribution in [-0.2, 0) is 16.0 Å². The van der Waals surface area contributed by atoms with E-state index in [2.05, 4.69) is 34.5 Å². The second kappa shape index (κ2) is 6.47. The van der Waals surface area contributed by atoms with Gasteiger partial charge in [-0.3, -0.25) is 0 Å². The number of aryl methyl sites for hydroxylation is 1. The van der Waals surface area contributed by atoms with Crippen LogP contribution >= 0.6 is 0 Å². The van der Waals surface area contributed by atoms with E-state index in [1.54, 1.807) is 4.68 Å². The SMILES string of the molecule is CCc1ccc([C@H]2C(C(=O)OC(C)C)=C(C)Nc3ncnn32)cc1. The molecule has 1 aromatic heterocycles. The van der Waals surface area contributed by atoms with Gasteiger partial charge in [0.1, 0.15) is 12.4 Å². The highest BCUT2D eigenvalue weighted by atomic mass is 16.5. The van der Waals surface area contributed by atoms with E-state index in [1.807, 2.05) is 32.9 Å². The second-order valence-electron chi connectivity index (χ2n) is 6.14. The van der Waals surface area contributed by atoms with Crippen LogP contribution in [0.3, 0.4) is 0 Å². The van der Waals surface area contributed by atoms with Crippen molar-refractivity contribution >= 4 is 11.9 Å². The summed E-state index contributed by atoms with van der Waals surface area (Å²) in [4.78, 5) is 16.9. The molecule has 1 atom stereocenters. The van der Waals surface area contributed by atoms with Gasteiger partial charge in [-0.25, -0.2) is 9.48 Å². The number of rotatable bonds is 4. The van der Waals surface area contributed by atoms with Crippen LogP contribution in [0.2, 0.25) is 0 Å². The zero-order valence-corrected chi connectivity index (χ0v) is 14.4. The number of ether oxygens (including phenoxy) is 1. The predicted octanol–water partition coefficient (Wildman–Crippen LogP) is 3.08. The number of allylic oxidation sites excluding steroid dienone is 1. The second-order valence-corrected chi connectivity index (χ2v) is 6.14. The number of carbonyl (C=O) groups is 1.